The first kappa shape index (κ1) is 12.7. The van der Waals surface area contributed by atoms with Crippen LogP contribution in [0.2, 0.25) is 0 Å². The number of hydrogen-bond acceptors (Lipinski definition) is 2. The highest BCUT2D eigenvalue weighted by Gasteiger charge is 2.12. The first-order valence-corrected chi connectivity index (χ1v) is 5.51. The number of para-hydroxylation sites is 1. The van der Waals surface area contributed by atoms with Crippen molar-refractivity contribution in [3.63, 3.8) is 0 Å². The predicted octanol–water partition coefficient (Wildman–Crippen LogP) is 3.12. The third-order valence-electron chi connectivity index (χ3n) is 2.57. The van der Waals surface area contributed by atoms with Gasteiger partial charge in [0, 0.05) is 19.2 Å². The Hall–Kier alpha value is -1.38. The smallest absolute Gasteiger partial charge is 0.152 e. The van der Waals surface area contributed by atoms with Gasteiger partial charge in [0.2, 0.25) is 0 Å². The van der Waals surface area contributed by atoms with Crippen LogP contribution in [0.15, 0.2) is 18.2 Å². The Balaban J connectivity index is 2.88. The van der Waals surface area contributed by atoms with E-state index in [0.717, 1.165) is 13.0 Å². The Morgan fingerprint density at radius 3 is 2.69 bits per heavy atom. The molecule has 1 aromatic carbocycles. The molecule has 0 saturated heterocycles. The summed E-state index contributed by atoms with van der Waals surface area (Å²) in [5.74, 6) is 0.227. The molecule has 3 heteroatoms. The van der Waals surface area contributed by atoms with Crippen molar-refractivity contribution in [3.8, 4) is 0 Å². The third kappa shape index (κ3) is 3.05. The van der Waals surface area contributed by atoms with Crippen LogP contribution in [0.4, 0.5) is 10.1 Å². The standard InChI is InChI=1S/C13H18FNO/c1-10(2)7-8-15(3)13-11(9-16)5-4-6-12(13)14/h4-6,9-10H,7-8H2,1-3H3. The molecule has 1 aromatic rings. The highest BCUT2D eigenvalue weighted by Crippen LogP contribution is 2.22. The summed E-state index contributed by atoms with van der Waals surface area (Å²) < 4.78 is 13.6. The number of hydrogen-bond donors (Lipinski definition) is 0. The molecule has 0 fully saturated rings. The second-order valence-corrected chi connectivity index (χ2v) is 4.40. The van der Waals surface area contributed by atoms with E-state index in [1.807, 2.05) is 7.05 Å². The van der Waals surface area contributed by atoms with E-state index < -0.39 is 0 Å². The van der Waals surface area contributed by atoms with Gasteiger partial charge in [0.05, 0.1) is 5.69 Å². The molecule has 0 amide bonds. The van der Waals surface area contributed by atoms with Gasteiger partial charge in [-0.2, -0.15) is 0 Å². The summed E-state index contributed by atoms with van der Waals surface area (Å²) in [5.41, 5.74) is 0.810. The second kappa shape index (κ2) is 5.64. The zero-order chi connectivity index (χ0) is 12.1. The minimum absolute atomic E-state index is 0.337. The van der Waals surface area contributed by atoms with Crippen molar-refractivity contribution in [2.75, 3.05) is 18.5 Å². The molecule has 0 aliphatic heterocycles. The molecule has 0 N–H and O–H groups in total. The van der Waals surface area contributed by atoms with E-state index in [1.54, 1.807) is 17.0 Å². The van der Waals surface area contributed by atoms with Gasteiger partial charge in [-0.3, -0.25) is 4.79 Å². The third-order valence-corrected chi connectivity index (χ3v) is 2.57. The van der Waals surface area contributed by atoms with Crippen molar-refractivity contribution in [1.29, 1.82) is 0 Å². The van der Waals surface area contributed by atoms with E-state index in [2.05, 4.69) is 13.8 Å². The highest BCUT2D eigenvalue weighted by atomic mass is 19.1. The summed E-state index contributed by atoms with van der Waals surface area (Å²) in [6.45, 7) is 4.99. The molecule has 2 nitrogen and oxygen atoms in total. The zero-order valence-corrected chi connectivity index (χ0v) is 10.0. The Morgan fingerprint density at radius 1 is 1.44 bits per heavy atom. The van der Waals surface area contributed by atoms with E-state index in [4.69, 9.17) is 0 Å². The van der Waals surface area contributed by atoms with Crippen molar-refractivity contribution >= 4 is 12.0 Å². The molecule has 0 aliphatic carbocycles. The molecule has 0 aliphatic rings. The lowest BCUT2D eigenvalue weighted by Crippen LogP contribution is -2.22. The molecule has 0 heterocycles. The van der Waals surface area contributed by atoms with Gasteiger partial charge in [0.15, 0.2) is 6.29 Å². The van der Waals surface area contributed by atoms with Crippen LogP contribution in [0.1, 0.15) is 30.6 Å². The summed E-state index contributed by atoms with van der Waals surface area (Å²) in [6, 6.07) is 4.57. The predicted molar refractivity (Wildman–Crippen MR) is 64.5 cm³/mol. The number of nitrogens with zero attached hydrogens (tertiary/aromatic N) is 1. The van der Waals surface area contributed by atoms with Gasteiger partial charge in [-0.1, -0.05) is 19.9 Å². The Labute approximate surface area is 96.1 Å². The van der Waals surface area contributed by atoms with Crippen LogP contribution in [0.3, 0.4) is 0 Å². The van der Waals surface area contributed by atoms with Crippen LogP contribution < -0.4 is 4.90 Å². The van der Waals surface area contributed by atoms with Crippen LogP contribution in [-0.4, -0.2) is 19.9 Å². The van der Waals surface area contributed by atoms with E-state index >= 15 is 0 Å². The monoisotopic (exact) mass is 223 g/mol. The van der Waals surface area contributed by atoms with Gasteiger partial charge in [-0.05, 0) is 24.5 Å². The number of rotatable bonds is 5. The second-order valence-electron chi connectivity index (χ2n) is 4.40. The first-order valence-electron chi connectivity index (χ1n) is 5.51. The fraction of sp³-hybridized carbons (Fsp3) is 0.462. The van der Waals surface area contributed by atoms with Crippen molar-refractivity contribution in [3.05, 3.63) is 29.6 Å². The minimum atomic E-state index is -0.337. The first-order chi connectivity index (χ1) is 7.56. The molecule has 0 atom stereocenters. The minimum Gasteiger partial charge on any atom is -0.372 e. The molecule has 88 valence electrons. The molecule has 16 heavy (non-hydrogen) atoms. The number of carbonyl (C=O) groups is 1. The SMILES string of the molecule is CC(C)CCN(C)c1c(F)cccc1C=O. The van der Waals surface area contributed by atoms with Crippen molar-refractivity contribution in [2.24, 2.45) is 5.92 Å². The number of carbonyl (C=O) groups excluding carboxylic acids is 1. The number of anilines is 1. The van der Waals surface area contributed by atoms with Gasteiger partial charge < -0.3 is 4.90 Å². The van der Waals surface area contributed by atoms with E-state index in [9.17, 15) is 9.18 Å². The summed E-state index contributed by atoms with van der Waals surface area (Å²) in [7, 11) is 1.81. The van der Waals surface area contributed by atoms with Gasteiger partial charge in [-0.25, -0.2) is 4.39 Å². The number of halogens is 1. The lowest BCUT2D eigenvalue weighted by Gasteiger charge is -2.22. The number of aldehydes is 1. The van der Waals surface area contributed by atoms with E-state index in [1.165, 1.54) is 6.07 Å². The van der Waals surface area contributed by atoms with Crippen LogP contribution in [-0.2, 0) is 0 Å². The molecule has 0 saturated carbocycles. The maximum Gasteiger partial charge on any atom is 0.152 e. The van der Waals surface area contributed by atoms with Crippen molar-refractivity contribution < 1.29 is 9.18 Å². The van der Waals surface area contributed by atoms with Gasteiger partial charge >= 0.3 is 0 Å². The summed E-state index contributed by atoms with van der Waals surface area (Å²) in [6.07, 6.45) is 1.67. The largest absolute Gasteiger partial charge is 0.372 e. The zero-order valence-electron chi connectivity index (χ0n) is 10.0. The number of benzene rings is 1. The van der Waals surface area contributed by atoms with Gasteiger partial charge in [-0.15, -0.1) is 0 Å². The quantitative estimate of drug-likeness (QED) is 0.715. The molecular formula is C13H18FNO. The van der Waals surface area contributed by atoms with Crippen molar-refractivity contribution in [1.82, 2.24) is 0 Å². The van der Waals surface area contributed by atoms with Crippen molar-refractivity contribution in [2.45, 2.75) is 20.3 Å². The topological polar surface area (TPSA) is 20.3 Å². The van der Waals surface area contributed by atoms with Crippen LogP contribution in [0.25, 0.3) is 0 Å². The molecule has 0 radical (unpaired) electrons. The van der Waals surface area contributed by atoms with E-state index in [0.29, 0.717) is 23.5 Å². The average Bonchev–Trinajstić information content (AvgIpc) is 2.25. The van der Waals surface area contributed by atoms with Crippen LogP contribution >= 0.6 is 0 Å². The Morgan fingerprint density at radius 2 is 2.12 bits per heavy atom. The van der Waals surface area contributed by atoms with Crippen LogP contribution in [0, 0.1) is 11.7 Å². The molecule has 0 spiro atoms. The highest BCUT2D eigenvalue weighted by molar-refractivity contribution is 5.84. The summed E-state index contributed by atoms with van der Waals surface area (Å²) >= 11 is 0. The van der Waals surface area contributed by atoms with Gasteiger partial charge in [0.1, 0.15) is 5.82 Å². The van der Waals surface area contributed by atoms with Crippen LogP contribution in [0.5, 0.6) is 0 Å². The lowest BCUT2D eigenvalue weighted by atomic mass is 10.1. The molecule has 0 aromatic heterocycles. The molecule has 1 rings (SSSR count). The Kier molecular flexibility index (Phi) is 4.47. The van der Waals surface area contributed by atoms with E-state index in [-0.39, 0.29) is 5.82 Å². The maximum absolute atomic E-state index is 13.6. The normalized spacial score (nSPS) is 10.6. The summed E-state index contributed by atoms with van der Waals surface area (Å²) in [5, 5.41) is 0. The fourth-order valence-corrected chi connectivity index (χ4v) is 1.59. The molecule has 0 unspecified atom stereocenters. The maximum atomic E-state index is 13.6. The average molecular weight is 223 g/mol. The Bertz CT molecular complexity index is 363. The molecular weight excluding hydrogens is 205 g/mol. The lowest BCUT2D eigenvalue weighted by molar-refractivity contribution is 0.112. The van der Waals surface area contributed by atoms with Gasteiger partial charge in [0.25, 0.3) is 0 Å². The molecule has 0 bridgehead atoms. The summed E-state index contributed by atoms with van der Waals surface area (Å²) in [4.78, 5) is 12.6. The fourth-order valence-electron chi connectivity index (χ4n) is 1.59.